The van der Waals surface area contributed by atoms with Gasteiger partial charge in [-0.05, 0) is 47.5 Å². The number of anilines is 3. The highest BCUT2D eigenvalue weighted by atomic mass is 32.1. The molecule has 3 amide bonds. The molecule has 0 aliphatic carbocycles. The van der Waals surface area contributed by atoms with Gasteiger partial charge in [0.05, 0.1) is 17.9 Å². The number of nitrogens with one attached hydrogen (secondary N) is 2. The van der Waals surface area contributed by atoms with Gasteiger partial charge in [-0.2, -0.15) is 0 Å². The molecule has 42 heavy (non-hydrogen) atoms. The highest BCUT2D eigenvalue weighted by molar-refractivity contribution is 7.16. The first-order valence-electron chi connectivity index (χ1n) is 13.5. The molecule has 0 saturated carbocycles. The molecule has 0 unspecified atom stereocenters. The fourth-order valence-electron chi connectivity index (χ4n) is 5.01. The van der Waals surface area contributed by atoms with E-state index in [0.717, 1.165) is 32.9 Å². The second-order valence-corrected chi connectivity index (χ2v) is 10.8. The normalized spacial score (nSPS) is 12.1. The molecular formula is C33H27N5O3S. The van der Waals surface area contributed by atoms with E-state index in [4.69, 9.17) is 5.73 Å². The van der Waals surface area contributed by atoms with Crippen LogP contribution in [0.1, 0.15) is 25.6 Å². The van der Waals surface area contributed by atoms with Gasteiger partial charge in [-0.3, -0.25) is 14.4 Å². The lowest BCUT2D eigenvalue weighted by Crippen LogP contribution is -2.32. The number of thiazole rings is 1. The van der Waals surface area contributed by atoms with Gasteiger partial charge < -0.3 is 21.3 Å². The zero-order valence-corrected chi connectivity index (χ0v) is 23.4. The molecule has 4 aromatic carbocycles. The summed E-state index contributed by atoms with van der Waals surface area (Å²) in [5.74, 6) is -0.679. The second-order valence-electron chi connectivity index (χ2n) is 9.71. The van der Waals surface area contributed by atoms with Gasteiger partial charge in [-0.1, -0.05) is 66.7 Å². The lowest BCUT2D eigenvalue weighted by molar-refractivity contribution is -0.114. The maximum atomic E-state index is 13.7. The first-order chi connectivity index (χ1) is 20.5. The SMILES string of the molecule is NCC(=O)Nc1nc2c(s1)CCN(C(=O)c1ccc(NC(=O)c3ccccc3-c3ccccc3)cc1)c1ccccc1-2. The van der Waals surface area contributed by atoms with Gasteiger partial charge in [-0.15, -0.1) is 11.3 Å². The van der Waals surface area contributed by atoms with Crippen LogP contribution < -0.4 is 21.3 Å². The van der Waals surface area contributed by atoms with Crippen molar-refractivity contribution in [2.75, 3.05) is 28.6 Å². The number of rotatable bonds is 6. The van der Waals surface area contributed by atoms with Crippen molar-refractivity contribution < 1.29 is 14.4 Å². The third-order valence-corrected chi connectivity index (χ3v) is 8.06. The highest BCUT2D eigenvalue weighted by Gasteiger charge is 2.27. The second kappa shape index (κ2) is 11.8. The number of carbonyl (C=O) groups excluding carboxylic acids is 3. The monoisotopic (exact) mass is 573 g/mol. The Morgan fingerprint density at radius 2 is 1.50 bits per heavy atom. The van der Waals surface area contributed by atoms with Crippen LogP contribution in [0.4, 0.5) is 16.5 Å². The van der Waals surface area contributed by atoms with E-state index in [9.17, 15) is 14.4 Å². The maximum Gasteiger partial charge on any atom is 0.258 e. The number of hydrogen-bond donors (Lipinski definition) is 3. The molecule has 0 bridgehead atoms. The molecule has 8 nitrogen and oxygen atoms in total. The Morgan fingerprint density at radius 3 is 2.26 bits per heavy atom. The molecule has 208 valence electrons. The number of aromatic nitrogens is 1. The highest BCUT2D eigenvalue weighted by Crippen LogP contribution is 2.40. The molecular weight excluding hydrogens is 546 g/mol. The van der Waals surface area contributed by atoms with Gasteiger partial charge in [0.15, 0.2) is 5.13 Å². The molecule has 0 fully saturated rings. The Labute approximate surface area is 246 Å². The quantitative estimate of drug-likeness (QED) is 0.236. The van der Waals surface area contributed by atoms with Crippen molar-refractivity contribution in [3.05, 3.63) is 119 Å². The number of fused-ring (bicyclic) bond motifs is 3. The molecule has 0 radical (unpaired) electrons. The summed E-state index contributed by atoms with van der Waals surface area (Å²) in [5, 5.41) is 6.19. The van der Waals surface area contributed by atoms with Crippen molar-refractivity contribution in [3.63, 3.8) is 0 Å². The van der Waals surface area contributed by atoms with Crippen LogP contribution >= 0.6 is 11.3 Å². The fraction of sp³-hybridized carbons (Fsp3) is 0.0909. The number of para-hydroxylation sites is 1. The third kappa shape index (κ3) is 5.43. The van der Waals surface area contributed by atoms with Gasteiger partial charge in [0.25, 0.3) is 11.8 Å². The minimum absolute atomic E-state index is 0.118. The summed E-state index contributed by atoms with van der Waals surface area (Å²) in [6.07, 6.45) is 0.584. The average molecular weight is 574 g/mol. The Hall–Kier alpha value is -5.12. The van der Waals surface area contributed by atoms with Crippen molar-refractivity contribution in [2.24, 2.45) is 5.73 Å². The van der Waals surface area contributed by atoms with Crippen molar-refractivity contribution in [3.8, 4) is 22.4 Å². The van der Waals surface area contributed by atoms with Crippen LogP contribution in [0.25, 0.3) is 22.4 Å². The number of nitrogens with two attached hydrogens (primary N) is 1. The molecule has 5 aromatic rings. The summed E-state index contributed by atoms with van der Waals surface area (Å²) < 4.78 is 0. The van der Waals surface area contributed by atoms with Crippen molar-refractivity contribution >= 4 is 45.6 Å². The van der Waals surface area contributed by atoms with Gasteiger partial charge in [-0.25, -0.2) is 4.98 Å². The zero-order chi connectivity index (χ0) is 29.1. The summed E-state index contributed by atoms with van der Waals surface area (Å²) in [5.41, 5.74) is 11.2. The zero-order valence-electron chi connectivity index (χ0n) is 22.5. The predicted octanol–water partition coefficient (Wildman–Crippen LogP) is 5.83. The van der Waals surface area contributed by atoms with E-state index in [1.807, 2.05) is 72.8 Å². The molecule has 6 rings (SSSR count). The van der Waals surface area contributed by atoms with Crippen LogP contribution in [0.2, 0.25) is 0 Å². The summed E-state index contributed by atoms with van der Waals surface area (Å²) in [6, 6.07) is 31.8. The Morgan fingerprint density at radius 1 is 0.810 bits per heavy atom. The molecule has 0 atom stereocenters. The molecule has 1 aromatic heterocycles. The third-order valence-electron chi connectivity index (χ3n) is 7.03. The Bertz CT molecular complexity index is 1780. The first kappa shape index (κ1) is 27.1. The van der Waals surface area contributed by atoms with Crippen molar-refractivity contribution in [1.82, 2.24) is 4.98 Å². The number of nitrogens with zero attached hydrogens (tertiary/aromatic N) is 2. The number of carbonyl (C=O) groups is 3. The summed E-state index contributed by atoms with van der Waals surface area (Å²) in [7, 11) is 0. The van der Waals surface area contributed by atoms with Gasteiger partial charge >= 0.3 is 0 Å². The van der Waals surface area contributed by atoms with Crippen LogP contribution in [-0.2, 0) is 11.2 Å². The lowest BCUT2D eigenvalue weighted by Gasteiger charge is -2.23. The number of amides is 3. The van der Waals surface area contributed by atoms with Crippen molar-refractivity contribution in [1.29, 1.82) is 0 Å². The summed E-state index contributed by atoms with van der Waals surface area (Å²) >= 11 is 1.39. The molecule has 0 spiro atoms. The van der Waals surface area contributed by atoms with Crippen LogP contribution in [0.15, 0.2) is 103 Å². The van der Waals surface area contributed by atoms with Gasteiger partial charge in [0, 0.05) is 40.2 Å². The van der Waals surface area contributed by atoms with Gasteiger partial charge in [0.1, 0.15) is 0 Å². The molecule has 2 heterocycles. The van der Waals surface area contributed by atoms with E-state index in [0.29, 0.717) is 34.9 Å². The molecule has 0 saturated heterocycles. The smallest absolute Gasteiger partial charge is 0.258 e. The number of benzene rings is 4. The van der Waals surface area contributed by atoms with E-state index in [-0.39, 0.29) is 24.3 Å². The maximum absolute atomic E-state index is 13.7. The van der Waals surface area contributed by atoms with Crippen LogP contribution in [0, 0.1) is 0 Å². The first-order valence-corrected chi connectivity index (χ1v) is 14.3. The summed E-state index contributed by atoms with van der Waals surface area (Å²) in [6.45, 7) is 0.330. The predicted molar refractivity (Wildman–Crippen MR) is 167 cm³/mol. The summed E-state index contributed by atoms with van der Waals surface area (Å²) in [4.78, 5) is 46.1. The van der Waals surface area contributed by atoms with E-state index in [2.05, 4.69) is 15.6 Å². The van der Waals surface area contributed by atoms with Crippen LogP contribution in [-0.4, -0.2) is 35.8 Å². The average Bonchev–Trinajstić information content (AvgIpc) is 3.37. The standard InChI is InChI=1S/C33H27N5O3S/c34-20-29(39)36-33-37-30-26-12-6-7-13-27(26)38(19-18-28(30)42-33)32(41)22-14-16-23(17-15-22)35-31(40)25-11-5-4-10-24(25)21-8-2-1-3-9-21/h1-17H,18-20,34H2,(H,35,40)(H,36,37,39). The van der Waals surface area contributed by atoms with E-state index in [1.165, 1.54) is 11.3 Å². The van der Waals surface area contributed by atoms with Crippen molar-refractivity contribution in [2.45, 2.75) is 6.42 Å². The lowest BCUT2D eigenvalue weighted by atomic mass is 9.99. The fourth-order valence-corrected chi connectivity index (χ4v) is 5.99. The largest absolute Gasteiger partial charge is 0.322 e. The van der Waals surface area contributed by atoms with Crippen LogP contribution in [0.5, 0.6) is 0 Å². The van der Waals surface area contributed by atoms with Gasteiger partial charge in [0.2, 0.25) is 5.91 Å². The Balaban J connectivity index is 1.21. The minimum atomic E-state index is -0.302. The van der Waals surface area contributed by atoms with E-state index >= 15 is 0 Å². The van der Waals surface area contributed by atoms with E-state index < -0.39 is 0 Å². The number of hydrogen-bond acceptors (Lipinski definition) is 6. The molecule has 1 aliphatic heterocycles. The molecule has 4 N–H and O–H groups in total. The van der Waals surface area contributed by atoms with E-state index in [1.54, 1.807) is 35.2 Å². The Kier molecular flexibility index (Phi) is 7.59. The molecule has 1 aliphatic rings. The topological polar surface area (TPSA) is 117 Å². The molecule has 9 heteroatoms. The van der Waals surface area contributed by atoms with Crippen LogP contribution in [0.3, 0.4) is 0 Å². The minimum Gasteiger partial charge on any atom is -0.322 e.